The van der Waals surface area contributed by atoms with Gasteiger partial charge in [-0.2, -0.15) is 0 Å². The van der Waals surface area contributed by atoms with Crippen LogP contribution in [0.4, 0.5) is 0 Å². The van der Waals surface area contributed by atoms with Crippen molar-refractivity contribution in [1.82, 2.24) is 5.32 Å². The van der Waals surface area contributed by atoms with Gasteiger partial charge >= 0.3 is 0 Å². The minimum atomic E-state index is -0.562. The predicted molar refractivity (Wildman–Crippen MR) is 74.5 cm³/mol. The summed E-state index contributed by atoms with van der Waals surface area (Å²) in [4.78, 5) is 12.0. The molecule has 4 nitrogen and oxygen atoms in total. The summed E-state index contributed by atoms with van der Waals surface area (Å²) in [6.07, 6.45) is 0.671. The number of aliphatic hydroxyl groups is 1. The van der Waals surface area contributed by atoms with Crippen LogP contribution < -0.4 is 11.1 Å². The molecular weight excluding hydrogens is 240 g/mol. The Morgan fingerprint density at radius 2 is 2.16 bits per heavy atom. The molecule has 0 spiro atoms. The van der Waals surface area contributed by atoms with Gasteiger partial charge in [-0.25, -0.2) is 0 Å². The van der Waals surface area contributed by atoms with Crippen LogP contribution in [0.25, 0.3) is 0 Å². The second-order valence-electron chi connectivity index (χ2n) is 5.69. The smallest absolute Gasteiger partial charge is 0.237 e. The first-order valence-electron chi connectivity index (χ1n) is 6.81. The zero-order chi connectivity index (χ0) is 14.0. The first-order chi connectivity index (χ1) is 8.99. The summed E-state index contributed by atoms with van der Waals surface area (Å²) >= 11 is 0. The third-order valence-corrected chi connectivity index (χ3v) is 3.56. The number of nitrogens with one attached hydrogen (secondary N) is 1. The SMILES string of the molecule is CC(C)C[C@@H](N)C(=O)N[C@H]1c2ccccc2C[C@H]1O. The van der Waals surface area contributed by atoms with Crippen molar-refractivity contribution in [2.24, 2.45) is 11.7 Å². The number of aliphatic hydroxyl groups excluding tert-OH is 1. The number of carbonyl (C=O) groups is 1. The number of benzene rings is 1. The number of nitrogens with two attached hydrogens (primary N) is 1. The molecule has 3 atom stereocenters. The van der Waals surface area contributed by atoms with Crippen molar-refractivity contribution >= 4 is 5.91 Å². The van der Waals surface area contributed by atoms with E-state index in [2.05, 4.69) is 5.32 Å². The van der Waals surface area contributed by atoms with E-state index in [1.54, 1.807) is 0 Å². The molecule has 0 aromatic heterocycles. The average molecular weight is 262 g/mol. The van der Waals surface area contributed by atoms with Gasteiger partial charge in [0.25, 0.3) is 0 Å². The van der Waals surface area contributed by atoms with E-state index in [1.165, 1.54) is 0 Å². The summed E-state index contributed by atoms with van der Waals surface area (Å²) in [5.41, 5.74) is 7.96. The fourth-order valence-electron chi connectivity index (χ4n) is 2.62. The minimum Gasteiger partial charge on any atom is -0.390 e. The van der Waals surface area contributed by atoms with Crippen LogP contribution in [0.5, 0.6) is 0 Å². The number of hydrogen-bond donors (Lipinski definition) is 3. The van der Waals surface area contributed by atoms with Gasteiger partial charge in [-0.15, -0.1) is 0 Å². The average Bonchev–Trinajstić information content (AvgIpc) is 2.65. The molecule has 0 aliphatic heterocycles. The summed E-state index contributed by atoms with van der Waals surface area (Å²) in [6.45, 7) is 4.07. The highest BCUT2D eigenvalue weighted by atomic mass is 16.3. The molecule has 0 unspecified atom stereocenters. The molecule has 1 amide bonds. The third kappa shape index (κ3) is 3.14. The van der Waals surface area contributed by atoms with Crippen molar-refractivity contribution in [2.75, 3.05) is 0 Å². The Labute approximate surface area is 114 Å². The normalized spacial score (nSPS) is 23.2. The molecule has 4 N–H and O–H groups in total. The highest BCUT2D eigenvalue weighted by Crippen LogP contribution is 2.31. The summed E-state index contributed by atoms with van der Waals surface area (Å²) in [5, 5.41) is 12.9. The molecule has 4 heteroatoms. The number of hydrogen-bond acceptors (Lipinski definition) is 3. The largest absolute Gasteiger partial charge is 0.390 e. The fraction of sp³-hybridized carbons (Fsp3) is 0.533. The Kier molecular flexibility index (Phi) is 4.22. The van der Waals surface area contributed by atoms with Crippen LogP contribution in [-0.2, 0) is 11.2 Å². The topological polar surface area (TPSA) is 75.4 Å². The predicted octanol–water partition coefficient (Wildman–Crippen LogP) is 1.13. The lowest BCUT2D eigenvalue weighted by Crippen LogP contribution is -2.44. The minimum absolute atomic E-state index is 0.186. The molecule has 0 radical (unpaired) electrons. The van der Waals surface area contributed by atoms with Gasteiger partial charge < -0.3 is 16.2 Å². The summed E-state index contributed by atoms with van der Waals surface area (Å²) in [5.74, 6) is 0.191. The second-order valence-corrected chi connectivity index (χ2v) is 5.69. The molecule has 0 saturated carbocycles. The lowest BCUT2D eigenvalue weighted by molar-refractivity contribution is -0.124. The van der Waals surface area contributed by atoms with Crippen LogP contribution in [0.1, 0.15) is 37.4 Å². The van der Waals surface area contributed by atoms with E-state index in [-0.39, 0.29) is 11.9 Å². The molecule has 1 aliphatic carbocycles. The molecule has 19 heavy (non-hydrogen) atoms. The molecule has 0 heterocycles. The van der Waals surface area contributed by atoms with Gasteiger partial charge in [-0.05, 0) is 23.5 Å². The molecular formula is C15H22N2O2. The van der Waals surface area contributed by atoms with Gasteiger partial charge in [0.2, 0.25) is 5.91 Å². The Morgan fingerprint density at radius 3 is 2.84 bits per heavy atom. The first-order valence-corrected chi connectivity index (χ1v) is 6.81. The van der Waals surface area contributed by atoms with Gasteiger partial charge in [0, 0.05) is 6.42 Å². The third-order valence-electron chi connectivity index (χ3n) is 3.56. The lowest BCUT2D eigenvalue weighted by atomic mass is 10.0. The quantitative estimate of drug-likeness (QED) is 0.761. The summed E-state index contributed by atoms with van der Waals surface area (Å²) in [7, 11) is 0. The van der Waals surface area contributed by atoms with E-state index in [0.29, 0.717) is 18.8 Å². The maximum absolute atomic E-state index is 12.0. The van der Waals surface area contributed by atoms with Crippen LogP contribution in [-0.4, -0.2) is 23.2 Å². The highest BCUT2D eigenvalue weighted by Gasteiger charge is 2.32. The van der Waals surface area contributed by atoms with Gasteiger partial charge in [0.15, 0.2) is 0 Å². The lowest BCUT2D eigenvalue weighted by Gasteiger charge is -2.21. The van der Waals surface area contributed by atoms with E-state index in [9.17, 15) is 9.90 Å². The van der Waals surface area contributed by atoms with Crippen molar-refractivity contribution in [1.29, 1.82) is 0 Å². The van der Waals surface area contributed by atoms with E-state index in [1.807, 2.05) is 38.1 Å². The number of rotatable bonds is 4. The Balaban J connectivity index is 2.05. The van der Waals surface area contributed by atoms with Crippen molar-refractivity contribution in [3.8, 4) is 0 Å². The Hall–Kier alpha value is -1.39. The zero-order valence-corrected chi connectivity index (χ0v) is 11.5. The van der Waals surface area contributed by atoms with Crippen LogP contribution in [0.3, 0.4) is 0 Å². The van der Waals surface area contributed by atoms with E-state index >= 15 is 0 Å². The van der Waals surface area contributed by atoms with Crippen LogP contribution in [0.15, 0.2) is 24.3 Å². The van der Waals surface area contributed by atoms with E-state index in [4.69, 9.17) is 5.73 Å². The molecule has 1 aromatic carbocycles. The molecule has 0 saturated heterocycles. The summed E-state index contributed by atoms with van der Waals surface area (Å²) < 4.78 is 0. The van der Waals surface area contributed by atoms with Gasteiger partial charge in [-0.3, -0.25) is 4.79 Å². The molecule has 0 fully saturated rings. The first kappa shape index (κ1) is 14.0. The van der Waals surface area contributed by atoms with Crippen molar-refractivity contribution in [3.05, 3.63) is 35.4 Å². The van der Waals surface area contributed by atoms with E-state index in [0.717, 1.165) is 11.1 Å². The Bertz CT molecular complexity index is 459. The second kappa shape index (κ2) is 5.72. The molecule has 104 valence electrons. The number of carbonyl (C=O) groups excluding carboxylic acids is 1. The number of fused-ring (bicyclic) bond motifs is 1. The van der Waals surface area contributed by atoms with Gasteiger partial charge in [-0.1, -0.05) is 38.1 Å². The van der Waals surface area contributed by atoms with Crippen LogP contribution >= 0.6 is 0 Å². The molecule has 2 rings (SSSR count). The maximum Gasteiger partial charge on any atom is 0.237 e. The maximum atomic E-state index is 12.0. The highest BCUT2D eigenvalue weighted by molar-refractivity contribution is 5.82. The standard InChI is InChI=1S/C15H22N2O2/c1-9(2)7-12(16)15(19)17-14-11-6-4-3-5-10(11)8-13(14)18/h3-6,9,12-14,18H,7-8,16H2,1-2H3,(H,17,19)/t12-,13-,14+/m1/s1. The molecule has 1 aromatic rings. The molecule has 0 bridgehead atoms. The zero-order valence-electron chi connectivity index (χ0n) is 11.5. The van der Waals surface area contributed by atoms with Crippen molar-refractivity contribution < 1.29 is 9.90 Å². The fourth-order valence-corrected chi connectivity index (χ4v) is 2.62. The van der Waals surface area contributed by atoms with E-state index < -0.39 is 12.1 Å². The summed E-state index contributed by atoms with van der Waals surface area (Å²) in [6, 6.07) is 6.95. The Morgan fingerprint density at radius 1 is 1.47 bits per heavy atom. The number of amides is 1. The van der Waals surface area contributed by atoms with Crippen LogP contribution in [0.2, 0.25) is 0 Å². The van der Waals surface area contributed by atoms with Crippen molar-refractivity contribution in [2.45, 2.75) is 44.9 Å². The molecule has 1 aliphatic rings. The van der Waals surface area contributed by atoms with Crippen molar-refractivity contribution in [3.63, 3.8) is 0 Å². The van der Waals surface area contributed by atoms with Crippen LogP contribution in [0, 0.1) is 5.92 Å². The monoisotopic (exact) mass is 262 g/mol. The van der Waals surface area contributed by atoms with Gasteiger partial charge in [0.05, 0.1) is 18.2 Å². The van der Waals surface area contributed by atoms with Gasteiger partial charge in [0.1, 0.15) is 0 Å².